The molecule has 2 rings (SSSR count). The molecule has 0 amide bonds. The molecule has 6 heteroatoms. The first kappa shape index (κ1) is 14.0. The number of nitrogens with zero attached hydrogens (tertiary/aromatic N) is 1. The van der Waals surface area contributed by atoms with Gasteiger partial charge in [0.15, 0.2) is 0 Å². The third kappa shape index (κ3) is 2.77. The van der Waals surface area contributed by atoms with Crippen molar-refractivity contribution in [3.05, 3.63) is 29.6 Å². The second-order valence-electron chi connectivity index (χ2n) is 4.92. The minimum absolute atomic E-state index is 0.103. The highest BCUT2D eigenvalue weighted by molar-refractivity contribution is 7.89. The summed E-state index contributed by atoms with van der Waals surface area (Å²) < 4.78 is 40.3. The lowest BCUT2D eigenvalue weighted by Gasteiger charge is -2.22. The molecule has 0 heterocycles. The van der Waals surface area contributed by atoms with Crippen molar-refractivity contribution >= 4 is 10.0 Å². The van der Waals surface area contributed by atoms with Gasteiger partial charge in [0.25, 0.3) is 0 Å². The molecule has 1 aromatic rings. The molecule has 4 nitrogen and oxygen atoms in total. The van der Waals surface area contributed by atoms with E-state index in [2.05, 4.69) is 10.8 Å². The zero-order chi connectivity index (χ0) is 14.1. The van der Waals surface area contributed by atoms with E-state index >= 15 is 0 Å². The molecule has 0 radical (unpaired) electrons. The van der Waals surface area contributed by atoms with Crippen LogP contribution >= 0.6 is 0 Å². The van der Waals surface area contributed by atoms with Crippen LogP contribution in [-0.4, -0.2) is 14.0 Å². The van der Waals surface area contributed by atoms with Crippen LogP contribution in [0.5, 0.6) is 0 Å². The van der Waals surface area contributed by atoms with E-state index in [9.17, 15) is 18.1 Å². The molecular weight excluding hydrogens is 267 g/mol. The SMILES string of the molecule is Cc1ccc(F)cc1S(=O)(=O)NC1(C#N)CCCC1. The third-order valence-corrected chi connectivity index (χ3v) is 5.12. The van der Waals surface area contributed by atoms with Crippen molar-refractivity contribution in [2.75, 3.05) is 0 Å². The monoisotopic (exact) mass is 282 g/mol. The van der Waals surface area contributed by atoms with Gasteiger partial charge < -0.3 is 0 Å². The maximum Gasteiger partial charge on any atom is 0.242 e. The lowest BCUT2D eigenvalue weighted by Crippen LogP contribution is -2.45. The Balaban J connectivity index is 2.38. The molecule has 0 spiro atoms. The minimum Gasteiger partial charge on any atom is -0.207 e. The van der Waals surface area contributed by atoms with Crippen molar-refractivity contribution in [2.45, 2.75) is 43.0 Å². The summed E-state index contributed by atoms with van der Waals surface area (Å²) in [6.07, 6.45) is 2.63. The highest BCUT2D eigenvalue weighted by Crippen LogP contribution is 2.31. The zero-order valence-electron chi connectivity index (χ0n) is 10.6. The van der Waals surface area contributed by atoms with E-state index in [0.29, 0.717) is 18.4 Å². The smallest absolute Gasteiger partial charge is 0.207 e. The molecule has 0 unspecified atom stereocenters. The third-order valence-electron chi connectivity index (χ3n) is 3.44. The molecule has 19 heavy (non-hydrogen) atoms. The molecule has 0 bridgehead atoms. The highest BCUT2D eigenvalue weighted by Gasteiger charge is 2.38. The number of hydrogen-bond acceptors (Lipinski definition) is 3. The largest absolute Gasteiger partial charge is 0.242 e. The van der Waals surface area contributed by atoms with Crippen molar-refractivity contribution < 1.29 is 12.8 Å². The Morgan fingerprint density at radius 2 is 2.00 bits per heavy atom. The fourth-order valence-electron chi connectivity index (χ4n) is 2.39. The quantitative estimate of drug-likeness (QED) is 0.924. The van der Waals surface area contributed by atoms with Gasteiger partial charge in [0.2, 0.25) is 10.0 Å². The van der Waals surface area contributed by atoms with Crippen molar-refractivity contribution in [2.24, 2.45) is 0 Å². The van der Waals surface area contributed by atoms with E-state index in [1.54, 1.807) is 6.92 Å². The van der Waals surface area contributed by atoms with E-state index in [1.165, 1.54) is 12.1 Å². The molecule has 0 atom stereocenters. The first-order valence-electron chi connectivity index (χ1n) is 6.10. The normalized spacial score (nSPS) is 18.2. The maximum absolute atomic E-state index is 13.2. The van der Waals surface area contributed by atoms with Crippen LogP contribution in [0.3, 0.4) is 0 Å². The van der Waals surface area contributed by atoms with Gasteiger partial charge in [-0.3, -0.25) is 0 Å². The Hall–Kier alpha value is -1.45. The van der Waals surface area contributed by atoms with Gasteiger partial charge in [-0.05, 0) is 37.5 Å². The van der Waals surface area contributed by atoms with Gasteiger partial charge in [-0.15, -0.1) is 0 Å². The maximum atomic E-state index is 13.2. The van der Waals surface area contributed by atoms with Crippen LogP contribution in [0, 0.1) is 24.1 Å². The second kappa shape index (κ2) is 4.91. The summed E-state index contributed by atoms with van der Waals surface area (Å²) in [7, 11) is -3.88. The molecule has 1 aliphatic rings. The molecule has 1 aromatic carbocycles. The summed E-state index contributed by atoms with van der Waals surface area (Å²) in [5.74, 6) is -0.608. The summed E-state index contributed by atoms with van der Waals surface area (Å²) in [4.78, 5) is -0.103. The van der Waals surface area contributed by atoms with Crippen LogP contribution in [0.2, 0.25) is 0 Å². The number of hydrogen-bond donors (Lipinski definition) is 1. The molecule has 0 saturated heterocycles. The van der Waals surface area contributed by atoms with Crippen LogP contribution in [0.4, 0.5) is 4.39 Å². The fraction of sp³-hybridized carbons (Fsp3) is 0.462. The Morgan fingerprint density at radius 1 is 1.37 bits per heavy atom. The average Bonchev–Trinajstić information content (AvgIpc) is 2.80. The summed E-state index contributed by atoms with van der Waals surface area (Å²) in [6, 6.07) is 5.66. The lowest BCUT2D eigenvalue weighted by atomic mass is 10.0. The summed E-state index contributed by atoms with van der Waals surface area (Å²) in [6.45, 7) is 1.60. The Bertz CT molecular complexity index is 629. The van der Waals surface area contributed by atoms with Gasteiger partial charge in [-0.2, -0.15) is 9.98 Å². The molecule has 1 saturated carbocycles. The number of nitrogens with one attached hydrogen (secondary N) is 1. The van der Waals surface area contributed by atoms with Crippen LogP contribution in [0.1, 0.15) is 31.2 Å². The minimum atomic E-state index is -3.88. The van der Waals surface area contributed by atoms with Crippen molar-refractivity contribution in [3.8, 4) is 6.07 Å². The van der Waals surface area contributed by atoms with E-state index in [0.717, 1.165) is 18.9 Å². The number of sulfonamides is 1. The molecule has 102 valence electrons. The number of benzene rings is 1. The molecule has 1 N–H and O–H groups in total. The van der Waals surface area contributed by atoms with E-state index < -0.39 is 21.4 Å². The van der Waals surface area contributed by atoms with Crippen LogP contribution in [-0.2, 0) is 10.0 Å². The fourth-order valence-corrected chi connectivity index (χ4v) is 4.02. The van der Waals surface area contributed by atoms with Gasteiger partial charge >= 0.3 is 0 Å². The number of aryl methyl sites for hydroxylation is 1. The topological polar surface area (TPSA) is 70.0 Å². The predicted octanol–water partition coefficient (Wildman–Crippen LogP) is 2.25. The van der Waals surface area contributed by atoms with Crippen LogP contribution in [0.15, 0.2) is 23.1 Å². The summed E-state index contributed by atoms with van der Waals surface area (Å²) in [5, 5.41) is 9.20. The molecule has 0 aliphatic heterocycles. The predicted molar refractivity (Wildman–Crippen MR) is 68.3 cm³/mol. The highest BCUT2D eigenvalue weighted by atomic mass is 32.2. The number of nitriles is 1. The number of rotatable bonds is 3. The van der Waals surface area contributed by atoms with Crippen molar-refractivity contribution in [1.29, 1.82) is 5.26 Å². The van der Waals surface area contributed by atoms with Gasteiger partial charge in [0.1, 0.15) is 11.4 Å². The van der Waals surface area contributed by atoms with E-state index in [1.807, 2.05) is 0 Å². The average molecular weight is 282 g/mol. The van der Waals surface area contributed by atoms with Crippen LogP contribution in [0.25, 0.3) is 0 Å². The number of halogens is 1. The molecular formula is C13H15FN2O2S. The van der Waals surface area contributed by atoms with Crippen molar-refractivity contribution in [3.63, 3.8) is 0 Å². The Labute approximate surface area is 112 Å². The van der Waals surface area contributed by atoms with Gasteiger partial charge in [0.05, 0.1) is 11.0 Å². The van der Waals surface area contributed by atoms with Crippen molar-refractivity contribution in [1.82, 2.24) is 4.72 Å². The standard InChI is InChI=1S/C13H15FN2O2S/c1-10-4-5-11(14)8-12(10)19(17,18)16-13(9-15)6-2-3-7-13/h4-5,8,16H,2-3,6-7H2,1H3. The summed E-state index contributed by atoms with van der Waals surface area (Å²) >= 11 is 0. The first-order valence-corrected chi connectivity index (χ1v) is 7.58. The van der Waals surface area contributed by atoms with E-state index in [4.69, 9.17) is 0 Å². The van der Waals surface area contributed by atoms with Gasteiger partial charge in [-0.25, -0.2) is 12.8 Å². The first-order chi connectivity index (χ1) is 8.88. The zero-order valence-corrected chi connectivity index (χ0v) is 11.4. The summed E-state index contributed by atoms with van der Waals surface area (Å²) in [5.41, 5.74) is -0.586. The second-order valence-corrected chi connectivity index (χ2v) is 6.57. The lowest BCUT2D eigenvalue weighted by molar-refractivity contribution is 0.484. The molecule has 1 aliphatic carbocycles. The van der Waals surface area contributed by atoms with Gasteiger partial charge in [0, 0.05) is 0 Å². The Kier molecular flexibility index (Phi) is 3.61. The Morgan fingerprint density at radius 3 is 2.58 bits per heavy atom. The van der Waals surface area contributed by atoms with Gasteiger partial charge in [-0.1, -0.05) is 18.9 Å². The molecule has 0 aromatic heterocycles. The molecule has 1 fully saturated rings. The van der Waals surface area contributed by atoms with E-state index in [-0.39, 0.29) is 4.90 Å². The van der Waals surface area contributed by atoms with Crippen LogP contribution < -0.4 is 4.72 Å².